The first-order chi connectivity index (χ1) is 8.18. The maximum atomic E-state index is 12.1. The first-order valence-corrected chi connectivity index (χ1v) is 6.42. The molecule has 0 bridgehead atoms. The van der Waals surface area contributed by atoms with Gasteiger partial charge in [0, 0.05) is 24.3 Å². The highest BCUT2D eigenvalue weighted by Gasteiger charge is 2.33. The van der Waals surface area contributed by atoms with E-state index in [1.807, 2.05) is 18.3 Å². The van der Waals surface area contributed by atoms with Gasteiger partial charge in [-0.05, 0) is 44.2 Å². The van der Waals surface area contributed by atoms with Gasteiger partial charge in [-0.1, -0.05) is 0 Å². The fraction of sp³-hybridized carbons (Fsp3) is 0.615. The van der Waals surface area contributed by atoms with Gasteiger partial charge in [0.1, 0.15) is 5.69 Å². The quantitative estimate of drug-likeness (QED) is 0.826. The van der Waals surface area contributed by atoms with Crippen LogP contribution in [-0.2, 0) is 0 Å². The van der Waals surface area contributed by atoms with Gasteiger partial charge >= 0.3 is 0 Å². The van der Waals surface area contributed by atoms with Crippen LogP contribution in [0.5, 0.6) is 0 Å². The number of aromatic nitrogens is 1. The third kappa shape index (κ3) is 2.09. The molecular weight excluding hydrogens is 214 g/mol. The second-order valence-corrected chi connectivity index (χ2v) is 5.43. The number of carbonyl (C=O) groups excluding carboxylic acids is 1. The summed E-state index contributed by atoms with van der Waals surface area (Å²) >= 11 is 0. The number of nitrogens with zero attached hydrogens (tertiary/aromatic N) is 1. The maximum absolute atomic E-state index is 12.1. The molecular formula is C13H19N3O. The van der Waals surface area contributed by atoms with Crippen molar-refractivity contribution in [2.24, 2.45) is 5.73 Å². The molecule has 2 aliphatic rings. The van der Waals surface area contributed by atoms with Crippen molar-refractivity contribution in [3.63, 3.8) is 0 Å². The molecule has 2 fully saturated rings. The number of amides is 1. The second kappa shape index (κ2) is 3.88. The van der Waals surface area contributed by atoms with Gasteiger partial charge in [0.15, 0.2) is 0 Å². The Morgan fingerprint density at radius 1 is 1.53 bits per heavy atom. The van der Waals surface area contributed by atoms with Gasteiger partial charge in [-0.15, -0.1) is 0 Å². The van der Waals surface area contributed by atoms with Crippen molar-refractivity contribution in [2.75, 3.05) is 6.54 Å². The highest BCUT2D eigenvalue weighted by atomic mass is 16.1. The summed E-state index contributed by atoms with van der Waals surface area (Å²) in [4.78, 5) is 12.1. The molecule has 0 saturated heterocycles. The summed E-state index contributed by atoms with van der Waals surface area (Å²) in [5.41, 5.74) is 6.72. The predicted octanol–water partition coefficient (Wildman–Crippen LogP) is 1.43. The lowest BCUT2D eigenvalue weighted by atomic mass is 9.78. The lowest BCUT2D eigenvalue weighted by Crippen LogP contribution is -2.55. The second-order valence-electron chi connectivity index (χ2n) is 5.43. The summed E-state index contributed by atoms with van der Waals surface area (Å²) in [5.74, 6) is 0.0126. The lowest BCUT2D eigenvalue weighted by molar-refractivity contribution is 0.0920. The van der Waals surface area contributed by atoms with Gasteiger partial charge < -0.3 is 15.6 Å². The molecule has 92 valence electrons. The molecule has 2 aliphatic carbocycles. The normalized spacial score (nSPS) is 21.9. The monoisotopic (exact) mass is 233 g/mol. The molecule has 2 saturated carbocycles. The Labute approximate surface area is 101 Å². The van der Waals surface area contributed by atoms with E-state index in [9.17, 15) is 4.79 Å². The largest absolute Gasteiger partial charge is 0.349 e. The molecule has 0 aliphatic heterocycles. The van der Waals surface area contributed by atoms with E-state index in [2.05, 4.69) is 9.88 Å². The number of nitrogens with one attached hydrogen (secondary N) is 1. The summed E-state index contributed by atoms with van der Waals surface area (Å²) in [6, 6.07) is 4.37. The standard InChI is InChI=1S/C13H19N3O/c14-13(6-2-7-13)9-15-12(17)11-3-1-8-16(11)10-4-5-10/h1,3,8,10H,2,4-7,9,14H2,(H,15,17). The van der Waals surface area contributed by atoms with Gasteiger partial charge in [0.05, 0.1) is 0 Å². The highest BCUT2D eigenvalue weighted by Crippen LogP contribution is 2.36. The lowest BCUT2D eigenvalue weighted by Gasteiger charge is -2.38. The van der Waals surface area contributed by atoms with Gasteiger partial charge in [0.2, 0.25) is 0 Å². The Morgan fingerprint density at radius 3 is 2.88 bits per heavy atom. The van der Waals surface area contributed by atoms with E-state index in [1.54, 1.807) is 0 Å². The Hall–Kier alpha value is -1.29. The summed E-state index contributed by atoms with van der Waals surface area (Å²) in [7, 11) is 0. The Balaban J connectivity index is 1.63. The van der Waals surface area contributed by atoms with Crippen molar-refractivity contribution in [3.8, 4) is 0 Å². The molecule has 17 heavy (non-hydrogen) atoms. The molecule has 1 aromatic heterocycles. The Bertz CT molecular complexity index is 430. The van der Waals surface area contributed by atoms with Gasteiger partial charge in [-0.25, -0.2) is 0 Å². The zero-order chi connectivity index (χ0) is 11.9. The zero-order valence-electron chi connectivity index (χ0n) is 9.98. The average molecular weight is 233 g/mol. The topological polar surface area (TPSA) is 60.0 Å². The van der Waals surface area contributed by atoms with Crippen LogP contribution in [0, 0.1) is 0 Å². The summed E-state index contributed by atoms with van der Waals surface area (Å²) < 4.78 is 2.08. The van der Waals surface area contributed by atoms with Crippen LogP contribution >= 0.6 is 0 Å². The smallest absolute Gasteiger partial charge is 0.267 e. The maximum Gasteiger partial charge on any atom is 0.267 e. The first kappa shape index (κ1) is 10.8. The van der Waals surface area contributed by atoms with Crippen molar-refractivity contribution >= 4 is 5.91 Å². The van der Waals surface area contributed by atoms with E-state index in [0.29, 0.717) is 12.6 Å². The number of hydrogen-bond donors (Lipinski definition) is 2. The minimum atomic E-state index is -0.146. The van der Waals surface area contributed by atoms with E-state index in [-0.39, 0.29) is 11.4 Å². The highest BCUT2D eigenvalue weighted by molar-refractivity contribution is 5.92. The Kier molecular flexibility index (Phi) is 2.47. The van der Waals surface area contributed by atoms with Crippen LogP contribution < -0.4 is 11.1 Å². The molecule has 4 nitrogen and oxygen atoms in total. The predicted molar refractivity (Wildman–Crippen MR) is 65.8 cm³/mol. The fourth-order valence-corrected chi connectivity index (χ4v) is 2.41. The van der Waals surface area contributed by atoms with Crippen LogP contribution in [0.4, 0.5) is 0 Å². The van der Waals surface area contributed by atoms with E-state index >= 15 is 0 Å². The van der Waals surface area contributed by atoms with E-state index in [1.165, 1.54) is 19.3 Å². The van der Waals surface area contributed by atoms with Crippen LogP contribution in [0.15, 0.2) is 18.3 Å². The zero-order valence-corrected chi connectivity index (χ0v) is 9.98. The van der Waals surface area contributed by atoms with Gasteiger partial charge in [-0.3, -0.25) is 4.79 Å². The van der Waals surface area contributed by atoms with Crippen molar-refractivity contribution in [2.45, 2.75) is 43.7 Å². The van der Waals surface area contributed by atoms with Crippen LogP contribution in [-0.4, -0.2) is 22.6 Å². The van der Waals surface area contributed by atoms with Crippen molar-refractivity contribution < 1.29 is 4.79 Å². The minimum Gasteiger partial charge on any atom is -0.349 e. The molecule has 1 amide bonds. The summed E-state index contributed by atoms with van der Waals surface area (Å²) in [5, 5.41) is 2.97. The molecule has 0 atom stereocenters. The summed E-state index contributed by atoms with van der Waals surface area (Å²) in [6.07, 6.45) is 7.61. The molecule has 0 spiro atoms. The van der Waals surface area contributed by atoms with Crippen molar-refractivity contribution in [1.82, 2.24) is 9.88 Å². The molecule has 1 heterocycles. The van der Waals surface area contributed by atoms with Crippen LogP contribution in [0.25, 0.3) is 0 Å². The van der Waals surface area contributed by atoms with Gasteiger partial charge in [-0.2, -0.15) is 0 Å². The Morgan fingerprint density at radius 2 is 2.29 bits per heavy atom. The minimum absolute atomic E-state index is 0.0126. The molecule has 3 rings (SSSR count). The van der Waals surface area contributed by atoms with Crippen LogP contribution in [0.2, 0.25) is 0 Å². The van der Waals surface area contributed by atoms with E-state index < -0.39 is 0 Å². The fourth-order valence-electron chi connectivity index (χ4n) is 2.41. The number of rotatable bonds is 4. The molecule has 0 radical (unpaired) electrons. The number of hydrogen-bond acceptors (Lipinski definition) is 2. The molecule has 3 N–H and O–H groups in total. The average Bonchev–Trinajstić information content (AvgIpc) is 3.01. The van der Waals surface area contributed by atoms with E-state index in [0.717, 1.165) is 18.5 Å². The van der Waals surface area contributed by atoms with Crippen LogP contribution in [0.3, 0.4) is 0 Å². The number of nitrogens with two attached hydrogens (primary N) is 1. The molecule has 1 aromatic rings. The summed E-state index contributed by atoms with van der Waals surface area (Å²) in [6.45, 7) is 0.599. The van der Waals surface area contributed by atoms with Crippen LogP contribution in [0.1, 0.15) is 48.6 Å². The molecule has 0 unspecified atom stereocenters. The van der Waals surface area contributed by atoms with Crippen molar-refractivity contribution in [1.29, 1.82) is 0 Å². The first-order valence-electron chi connectivity index (χ1n) is 6.42. The molecule has 4 heteroatoms. The molecule has 0 aromatic carbocycles. The number of carbonyl (C=O) groups is 1. The third-order valence-corrected chi connectivity index (χ3v) is 3.90. The third-order valence-electron chi connectivity index (χ3n) is 3.90. The SMILES string of the molecule is NC1(CNC(=O)c2cccn2C2CC2)CCC1. The van der Waals surface area contributed by atoms with Gasteiger partial charge in [0.25, 0.3) is 5.91 Å². The van der Waals surface area contributed by atoms with E-state index in [4.69, 9.17) is 5.73 Å². The van der Waals surface area contributed by atoms with Crippen molar-refractivity contribution in [3.05, 3.63) is 24.0 Å².